The first-order chi connectivity index (χ1) is 8.93. The highest BCUT2D eigenvalue weighted by Gasteiger charge is 2.34. The second-order valence-electron chi connectivity index (χ2n) is 4.60. The van der Waals surface area contributed by atoms with Crippen molar-refractivity contribution in [2.75, 3.05) is 13.1 Å². The van der Waals surface area contributed by atoms with Crippen molar-refractivity contribution in [3.8, 4) is 0 Å². The Morgan fingerprint density at radius 3 is 2.89 bits per heavy atom. The molecule has 1 aliphatic heterocycles. The lowest BCUT2D eigenvalue weighted by molar-refractivity contribution is -0.121. The molecule has 19 heavy (non-hydrogen) atoms. The standard InChI is InChI=1S/C12H15FN2O3S/c1-9(16)10-4-3-7-15(8-10)19(17,18)12-11(13)5-2-6-14-12/h2,5-6,10H,3-4,7-8H2,1H3. The number of carbonyl (C=O) groups is 1. The summed E-state index contributed by atoms with van der Waals surface area (Å²) in [4.78, 5) is 15.0. The molecular formula is C12H15FN2O3S. The van der Waals surface area contributed by atoms with Crippen molar-refractivity contribution in [2.24, 2.45) is 5.92 Å². The van der Waals surface area contributed by atoms with E-state index in [-0.39, 0.29) is 18.2 Å². The molecule has 0 aliphatic carbocycles. The van der Waals surface area contributed by atoms with Crippen molar-refractivity contribution >= 4 is 15.8 Å². The largest absolute Gasteiger partial charge is 0.300 e. The fraction of sp³-hybridized carbons (Fsp3) is 0.500. The number of hydrogen-bond acceptors (Lipinski definition) is 4. The summed E-state index contributed by atoms with van der Waals surface area (Å²) >= 11 is 0. The van der Waals surface area contributed by atoms with E-state index < -0.39 is 20.9 Å². The van der Waals surface area contributed by atoms with Crippen LogP contribution in [-0.4, -0.2) is 36.6 Å². The van der Waals surface area contributed by atoms with Gasteiger partial charge in [-0.15, -0.1) is 0 Å². The molecule has 1 aromatic heterocycles. The Hall–Kier alpha value is -1.34. The smallest absolute Gasteiger partial charge is 0.263 e. The molecule has 0 spiro atoms. The van der Waals surface area contributed by atoms with Gasteiger partial charge in [0.25, 0.3) is 10.0 Å². The molecule has 0 N–H and O–H groups in total. The third kappa shape index (κ3) is 2.82. The molecule has 1 aliphatic rings. The number of nitrogens with zero attached hydrogens (tertiary/aromatic N) is 2. The fourth-order valence-corrected chi connectivity index (χ4v) is 3.67. The molecule has 7 heteroatoms. The summed E-state index contributed by atoms with van der Waals surface area (Å²) < 4.78 is 39.3. The minimum absolute atomic E-state index is 0.0404. The molecule has 1 atom stereocenters. The van der Waals surface area contributed by atoms with Crippen molar-refractivity contribution in [1.82, 2.24) is 9.29 Å². The number of piperidine rings is 1. The highest BCUT2D eigenvalue weighted by atomic mass is 32.2. The van der Waals surface area contributed by atoms with Gasteiger partial charge in [-0.1, -0.05) is 0 Å². The predicted molar refractivity (Wildman–Crippen MR) is 66.4 cm³/mol. The summed E-state index contributed by atoms with van der Waals surface area (Å²) in [6, 6.07) is 2.40. The zero-order valence-electron chi connectivity index (χ0n) is 10.5. The Labute approximate surface area is 111 Å². The van der Waals surface area contributed by atoms with Crippen molar-refractivity contribution in [2.45, 2.75) is 24.8 Å². The zero-order valence-corrected chi connectivity index (χ0v) is 11.4. The normalized spacial score (nSPS) is 21.3. The van der Waals surface area contributed by atoms with Crippen LogP contribution in [0.15, 0.2) is 23.4 Å². The number of carbonyl (C=O) groups excluding carboxylic acids is 1. The van der Waals surface area contributed by atoms with Crippen molar-refractivity contribution < 1.29 is 17.6 Å². The van der Waals surface area contributed by atoms with Gasteiger partial charge >= 0.3 is 0 Å². The summed E-state index contributed by atoms with van der Waals surface area (Å²) in [7, 11) is -3.96. The van der Waals surface area contributed by atoms with Gasteiger partial charge < -0.3 is 0 Å². The molecule has 5 nitrogen and oxygen atoms in total. The summed E-state index contributed by atoms with van der Waals surface area (Å²) in [6.45, 7) is 1.85. The maximum Gasteiger partial charge on any atom is 0.263 e. The van der Waals surface area contributed by atoms with Crippen LogP contribution < -0.4 is 0 Å². The molecule has 1 aromatic rings. The van der Waals surface area contributed by atoms with Gasteiger partial charge in [-0.05, 0) is 31.9 Å². The van der Waals surface area contributed by atoms with Crippen molar-refractivity contribution in [3.63, 3.8) is 0 Å². The molecule has 0 radical (unpaired) electrons. The second-order valence-corrected chi connectivity index (χ2v) is 6.46. The number of sulfonamides is 1. The number of hydrogen-bond donors (Lipinski definition) is 0. The van der Waals surface area contributed by atoms with E-state index >= 15 is 0 Å². The lowest BCUT2D eigenvalue weighted by Gasteiger charge is -2.30. The number of pyridine rings is 1. The fourth-order valence-electron chi connectivity index (χ4n) is 2.18. The van der Waals surface area contributed by atoms with Gasteiger partial charge in [0, 0.05) is 25.2 Å². The molecule has 2 heterocycles. The van der Waals surface area contributed by atoms with Crippen LogP contribution in [0.5, 0.6) is 0 Å². The molecule has 0 aromatic carbocycles. The van der Waals surface area contributed by atoms with Crippen molar-refractivity contribution in [1.29, 1.82) is 0 Å². The van der Waals surface area contributed by atoms with Crippen LogP contribution in [0.4, 0.5) is 4.39 Å². The molecular weight excluding hydrogens is 271 g/mol. The van der Waals surface area contributed by atoms with E-state index in [9.17, 15) is 17.6 Å². The SMILES string of the molecule is CC(=O)C1CCCN(S(=O)(=O)c2ncccc2F)C1. The van der Waals surface area contributed by atoms with Gasteiger partial charge in [-0.3, -0.25) is 4.79 Å². The number of Topliss-reactive ketones (excluding diaryl/α,β-unsaturated/α-hetero) is 1. The van der Waals surface area contributed by atoms with E-state index in [4.69, 9.17) is 0 Å². The van der Waals surface area contributed by atoms with E-state index in [1.54, 1.807) is 0 Å². The first-order valence-electron chi connectivity index (χ1n) is 6.04. The molecule has 104 valence electrons. The van der Waals surface area contributed by atoms with Gasteiger partial charge in [0.15, 0.2) is 5.82 Å². The van der Waals surface area contributed by atoms with Gasteiger partial charge in [0.05, 0.1) is 0 Å². The Morgan fingerprint density at radius 2 is 2.26 bits per heavy atom. The van der Waals surface area contributed by atoms with E-state index in [0.29, 0.717) is 19.4 Å². The summed E-state index contributed by atoms with van der Waals surface area (Å²) in [5.74, 6) is -1.22. The molecule has 0 amide bonds. The summed E-state index contributed by atoms with van der Waals surface area (Å²) in [5.41, 5.74) is 0. The highest BCUT2D eigenvalue weighted by Crippen LogP contribution is 2.24. The third-order valence-electron chi connectivity index (χ3n) is 3.27. The topological polar surface area (TPSA) is 67.3 Å². The first kappa shape index (κ1) is 14.1. The Balaban J connectivity index is 2.30. The summed E-state index contributed by atoms with van der Waals surface area (Å²) in [5, 5.41) is -0.570. The van der Waals surface area contributed by atoms with E-state index in [1.807, 2.05) is 0 Å². The lowest BCUT2D eigenvalue weighted by atomic mass is 9.96. The van der Waals surface area contributed by atoms with Crippen molar-refractivity contribution in [3.05, 3.63) is 24.1 Å². The Bertz CT molecular complexity index is 588. The quantitative estimate of drug-likeness (QED) is 0.837. The minimum atomic E-state index is -3.96. The molecule has 1 unspecified atom stereocenters. The Kier molecular flexibility index (Phi) is 3.96. The van der Waals surface area contributed by atoms with Crippen LogP contribution in [0.2, 0.25) is 0 Å². The van der Waals surface area contributed by atoms with Gasteiger partial charge in [0.1, 0.15) is 5.78 Å². The minimum Gasteiger partial charge on any atom is -0.300 e. The molecule has 0 saturated carbocycles. The maximum atomic E-state index is 13.6. The van der Waals surface area contributed by atoms with E-state index in [0.717, 1.165) is 10.4 Å². The number of halogens is 1. The van der Waals surface area contributed by atoms with Crippen LogP contribution in [0.3, 0.4) is 0 Å². The Morgan fingerprint density at radius 1 is 1.53 bits per heavy atom. The highest BCUT2D eigenvalue weighted by molar-refractivity contribution is 7.89. The van der Waals surface area contributed by atoms with Crippen LogP contribution in [0.1, 0.15) is 19.8 Å². The third-order valence-corrected chi connectivity index (χ3v) is 5.07. The van der Waals surface area contributed by atoms with Gasteiger partial charge in [0.2, 0.25) is 5.03 Å². The van der Waals surface area contributed by atoms with E-state index in [1.165, 1.54) is 19.2 Å². The van der Waals surface area contributed by atoms with Gasteiger partial charge in [-0.2, -0.15) is 4.31 Å². The van der Waals surface area contributed by atoms with E-state index in [2.05, 4.69) is 4.98 Å². The van der Waals surface area contributed by atoms with Crippen LogP contribution in [-0.2, 0) is 14.8 Å². The maximum absolute atomic E-state index is 13.6. The molecule has 2 rings (SSSR count). The lowest BCUT2D eigenvalue weighted by Crippen LogP contribution is -2.42. The second kappa shape index (κ2) is 5.34. The predicted octanol–water partition coefficient (Wildman–Crippen LogP) is 1.21. The van der Waals surface area contributed by atoms with Crippen LogP contribution >= 0.6 is 0 Å². The van der Waals surface area contributed by atoms with Crippen LogP contribution in [0, 0.1) is 11.7 Å². The number of ketones is 1. The molecule has 1 fully saturated rings. The number of rotatable bonds is 3. The molecule has 1 saturated heterocycles. The first-order valence-corrected chi connectivity index (χ1v) is 7.48. The van der Waals surface area contributed by atoms with Crippen LogP contribution in [0.25, 0.3) is 0 Å². The molecule has 0 bridgehead atoms. The summed E-state index contributed by atoms with van der Waals surface area (Å²) in [6.07, 6.45) is 2.51. The average Bonchev–Trinajstić information content (AvgIpc) is 2.39. The number of aromatic nitrogens is 1. The zero-order chi connectivity index (χ0) is 14.0. The average molecular weight is 286 g/mol. The monoisotopic (exact) mass is 286 g/mol. The van der Waals surface area contributed by atoms with Gasteiger partial charge in [-0.25, -0.2) is 17.8 Å².